The van der Waals surface area contributed by atoms with Gasteiger partial charge in [-0.2, -0.15) is 0 Å². The van der Waals surface area contributed by atoms with Crippen LogP contribution in [0.15, 0.2) is 36.5 Å². The van der Waals surface area contributed by atoms with Gasteiger partial charge < -0.3 is 24.6 Å². The van der Waals surface area contributed by atoms with Gasteiger partial charge in [0.25, 0.3) is 0 Å². The summed E-state index contributed by atoms with van der Waals surface area (Å²) in [5, 5.41) is 18.3. The van der Waals surface area contributed by atoms with Crippen molar-refractivity contribution in [1.82, 2.24) is 0 Å². The highest BCUT2D eigenvalue weighted by Crippen LogP contribution is 2.43. The van der Waals surface area contributed by atoms with E-state index in [0.717, 1.165) is 70.6 Å². The van der Waals surface area contributed by atoms with Crippen LogP contribution in [0.1, 0.15) is 194 Å². The molecule has 3 atom stereocenters. The Kier molecular flexibility index (Phi) is 39.1. The first-order valence-electron chi connectivity index (χ1n) is 21.9. The fraction of sp³-hybridized carbons (Fsp3) is 0.818. The van der Waals surface area contributed by atoms with Gasteiger partial charge in [-0.15, -0.1) is 0 Å². The molecule has 0 heterocycles. The summed E-state index contributed by atoms with van der Waals surface area (Å²) >= 11 is 0. The zero-order valence-electron chi connectivity index (χ0n) is 34.9. The van der Waals surface area contributed by atoms with Crippen molar-refractivity contribution in [2.24, 2.45) is 0 Å². The molecule has 10 nitrogen and oxygen atoms in total. The number of phosphoric acid groups is 1. The van der Waals surface area contributed by atoms with Crippen molar-refractivity contribution in [2.45, 2.75) is 206 Å². The van der Waals surface area contributed by atoms with Gasteiger partial charge in [-0.05, 0) is 70.6 Å². The van der Waals surface area contributed by atoms with Crippen LogP contribution < -0.4 is 0 Å². The summed E-state index contributed by atoms with van der Waals surface area (Å²) in [7, 11) is -4.62. The van der Waals surface area contributed by atoms with Crippen LogP contribution in [0.5, 0.6) is 0 Å². The number of phosphoric ester groups is 1. The number of esters is 2. The van der Waals surface area contributed by atoms with Crippen molar-refractivity contribution in [3.05, 3.63) is 36.5 Å². The van der Waals surface area contributed by atoms with E-state index in [1.165, 1.54) is 83.5 Å². The lowest BCUT2D eigenvalue weighted by Gasteiger charge is -2.20. The van der Waals surface area contributed by atoms with Crippen LogP contribution in [0, 0.1) is 0 Å². The van der Waals surface area contributed by atoms with Crippen LogP contribution in [-0.2, 0) is 32.7 Å². The molecule has 0 amide bonds. The van der Waals surface area contributed by atoms with E-state index >= 15 is 0 Å². The quantitative estimate of drug-likeness (QED) is 0.0236. The Bertz CT molecular complexity index is 1010. The maximum atomic E-state index is 12.6. The predicted octanol–water partition coefficient (Wildman–Crippen LogP) is 11.6. The molecule has 322 valence electrons. The number of hydrogen-bond acceptors (Lipinski definition) is 9. The van der Waals surface area contributed by atoms with Crippen molar-refractivity contribution < 1.29 is 47.8 Å². The molecule has 0 saturated carbocycles. The number of hydrogen-bond donors (Lipinski definition) is 3. The zero-order valence-corrected chi connectivity index (χ0v) is 35.8. The second-order valence-electron chi connectivity index (χ2n) is 14.7. The average molecular weight is 801 g/mol. The van der Waals surface area contributed by atoms with Crippen LogP contribution in [0.25, 0.3) is 0 Å². The Hall–Kier alpha value is -1.81. The molecule has 0 aliphatic rings. The number of allylic oxidation sites excluding steroid dienone is 6. The minimum atomic E-state index is -4.62. The summed E-state index contributed by atoms with van der Waals surface area (Å²) in [5.74, 6) is -0.938. The van der Waals surface area contributed by atoms with Gasteiger partial charge in [0.15, 0.2) is 6.10 Å². The fourth-order valence-electron chi connectivity index (χ4n) is 5.84. The smallest absolute Gasteiger partial charge is 0.462 e. The van der Waals surface area contributed by atoms with E-state index in [4.69, 9.17) is 19.1 Å². The van der Waals surface area contributed by atoms with Crippen molar-refractivity contribution in [3.63, 3.8) is 0 Å². The molecule has 0 aliphatic carbocycles. The number of unbranched alkanes of at least 4 members (excludes halogenated alkanes) is 21. The minimum Gasteiger partial charge on any atom is -0.462 e. The summed E-state index contributed by atoms with van der Waals surface area (Å²) in [6.45, 7) is 2.33. The third-order valence-electron chi connectivity index (χ3n) is 9.27. The molecule has 0 saturated heterocycles. The normalized spacial score (nSPS) is 14.2. The highest BCUT2D eigenvalue weighted by molar-refractivity contribution is 7.47. The van der Waals surface area contributed by atoms with Crippen LogP contribution >= 0.6 is 7.82 Å². The molecule has 1 unspecified atom stereocenters. The maximum absolute atomic E-state index is 12.6. The van der Waals surface area contributed by atoms with E-state index in [1.54, 1.807) is 0 Å². The molecule has 0 aromatic heterocycles. The van der Waals surface area contributed by atoms with Crippen molar-refractivity contribution in [2.75, 3.05) is 26.4 Å². The summed E-state index contributed by atoms with van der Waals surface area (Å²) in [5.41, 5.74) is 0. The highest BCUT2D eigenvalue weighted by Gasteiger charge is 2.27. The summed E-state index contributed by atoms with van der Waals surface area (Å²) in [6.07, 6.45) is 41.0. The first-order chi connectivity index (χ1) is 26.7. The highest BCUT2D eigenvalue weighted by atomic mass is 31.2. The number of ether oxygens (including phenoxy) is 2. The molecular weight excluding hydrogens is 719 g/mol. The first kappa shape index (κ1) is 53.2. The second kappa shape index (κ2) is 40.4. The summed E-state index contributed by atoms with van der Waals surface area (Å²) in [4.78, 5) is 35.0. The minimum absolute atomic E-state index is 0.178. The topological polar surface area (TPSA) is 149 Å². The number of carbonyl (C=O) groups excluding carboxylic acids is 2. The first-order valence-corrected chi connectivity index (χ1v) is 23.4. The summed E-state index contributed by atoms with van der Waals surface area (Å²) in [6, 6.07) is 0. The Morgan fingerprint density at radius 3 is 1.45 bits per heavy atom. The number of carbonyl (C=O) groups is 2. The third-order valence-corrected chi connectivity index (χ3v) is 10.2. The lowest BCUT2D eigenvalue weighted by molar-refractivity contribution is -0.161. The molecule has 0 aromatic rings. The van der Waals surface area contributed by atoms with Crippen LogP contribution in [-0.4, -0.2) is 65.7 Å². The Morgan fingerprint density at radius 1 is 0.545 bits per heavy atom. The van der Waals surface area contributed by atoms with Crippen LogP contribution in [0.2, 0.25) is 0 Å². The summed E-state index contributed by atoms with van der Waals surface area (Å²) < 4.78 is 32.7. The number of aliphatic hydroxyl groups is 2. The van der Waals surface area contributed by atoms with Gasteiger partial charge in [0.2, 0.25) is 0 Å². The standard InChI is InChI=1S/C44H81O10P/c1-3-5-7-9-11-13-15-17-18-19-20-21-22-24-26-28-30-32-34-36-44(48)54-42(40-53-55(49,50)52-38-41(46)37-45)39-51-43(47)35-33-31-29-27-25-23-16-14-12-10-8-6-4-2/h11,13-14,16-18,41-42,45-46H,3-10,12,15,19-40H2,1-2H3,(H,49,50)/b13-11-,16-14-,18-17-/t41-,42+/m0/s1. The molecule has 0 spiro atoms. The molecule has 0 fully saturated rings. The molecule has 11 heteroatoms. The third kappa shape index (κ3) is 40.2. The van der Waals surface area contributed by atoms with Crippen molar-refractivity contribution in [1.29, 1.82) is 0 Å². The van der Waals surface area contributed by atoms with Gasteiger partial charge in [-0.25, -0.2) is 4.57 Å². The van der Waals surface area contributed by atoms with Crippen molar-refractivity contribution in [3.8, 4) is 0 Å². The molecule has 0 rings (SSSR count). The van der Waals surface area contributed by atoms with E-state index < -0.39 is 51.8 Å². The number of aliphatic hydroxyl groups excluding tert-OH is 2. The molecular formula is C44H81O10P. The Morgan fingerprint density at radius 2 is 0.945 bits per heavy atom. The van der Waals surface area contributed by atoms with Gasteiger partial charge in [0, 0.05) is 12.8 Å². The average Bonchev–Trinajstić information content (AvgIpc) is 3.17. The maximum Gasteiger partial charge on any atom is 0.472 e. The molecule has 3 N–H and O–H groups in total. The molecule has 55 heavy (non-hydrogen) atoms. The van der Waals surface area contributed by atoms with Gasteiger partial charge in [0.05, 0.1) is 19.8 Å². The van der Waals surface area contributed by atoms with Gasteiger partial charge in [0.1, 0.15) is 12.7 Å². The van der Waals surface area contributed by atoms with Gasteiger partial charge in [-0.3, -0.25) is 18.6 Å². The fourth-order valence-corrected chi connectivity index (χ4v) is 6.63. The van der Waals surface area contributed by atoms with Crippen LogP contribution in [0.4, 0.5) is 0 Å². The monoisotopic (exact) mass is 801 g/mol. The lowest BCUT2D eigenvalue weighted by atomic mass is 10.1. The predicted molar refractivity (Wildman–Crippen MR) is 224 cm³/mol. The van der Waals surface area contributed by atoms with Gasteiger partial charge >= 0.3 is 19.8 Å². The SMILES string of the molecule is CCCCC/C=C\C/C=C\CCCCCCCCCCCC(=O)O[C@H](COC(=O)CCCCCCC/C=C\CCCCCC)COP(=O)(O)OC[C@@H](O)CO. The van der Waals surface area contributed by atoms with E-state index in [2.05, 4.69) is 54.8 Å². The molecule has 0 aromatic carbocycles. The van der Waals surface area contributed by atoms with E-state index in [1.807, 2.05) is 0 Å². The zero-order chi connectivity index (χ0) is 40.5. The Labute approximate surface area is 335 Å². The van der Waals surface area contributed by atoms with E-state index in [-0.39, 0.29) is 19.4 Å². The second-order valence-corrected chi connectivity index (χ2v) is 16.2. The molecule has 0 radical (unpaired) electrons. The van der Waals surface area contributed by atoms with E-state index in [0.29, 0.717) is 12.8 Å². The molecule has 0 bridgehead atoms. The number of rotatable bonds is 41. The lowest BCUT2D eigenvalue weighted by Crippen LogP contribution is -2.29. The Balaban J connectivity index is 4.28. The van der Waals surface area contributed by atoms with E-state index in [9.17, 15) is 24.2 Å². The van der Waals surface area contributed by atoms with Crippen molar-refractivity contribution >= 4 is 19.8 Å². The molecule has 0 aliphatic heterocycles. The van der Waals surface area contributed by atoms with Crippen LogP contribution in [0.3, 0.4) is 0 Å². The van der Waals surface area contributed by atoms with Gasteiger partial charge in [-0.1, -0.05) is 147 Å². The largest absolute Gasteiger partial charge is 0.472 e.